The van der Waals surface area contributed by atoms with Gasteiger partial charge >= 0.3 is 6.18 Å². The largest absolute Gasteiger partial charge is 0.418 e. The van der Waals surface area contributed by atoms with Crippen LogP contribution in [0.2, 0.25) is 0 Å². The van der Waals surface area contributed by atoms with Crippen LogP contribution < -0.4 is 15.8 Å². The molecule has 1 N–H and O–H groups in total. The minimum atomic E-state index is -4.78. The summed E-state index contributed by atoms with van der Waals surface area (Å²) in [6.45, 7) is 3.96. The first-order valence-electron chi connectivity index (χ1n) is 13.5. The van der Waals surface area contributed by atoms with Crippen molar-refractivity contribution in [3.63, 3.8) is 0 Å². The molecule has 4 atom stereocenters. The van der Waals surface area contributed by atoms with Gasteiger partial charge in [-0.3, -0.25) is 24.3 Å². The first kappa shape index (κ1) is 25.6. The number of amides is 2. The first-order chi connectivity index (χ1) is 19.6. The SMILES string of the molecule is CC(C)C[C@H]1N[C@]2(c3ccccc3-n3c2nc2ccccc2c3=O)[C@H]2C(=O)N(c3ccccc3C(F)(F)F)C(=O)[C@@H]12. The molecule has 3 aliphatic heterocycles. The molecule has 0 bridgehead atoms. The summed E-state index contributed by atoms with van der Waals surface area (Å²) in [5.41, 5.74) is -1.73. The molecule has 1 aromatic heterocycles. The first-order valence-corrected chi connectivity index (χ1v) is 13.5. The summed E-state index contributed by atoms with van der Waals surface area (Å²) in [5, 5.41) is 3.96. The van der Waals surface area contributed by atoms with Crippen molar-refractivity contribution in [3.05, 3.63) is 100 Å². The molecule has 2 fully saturated rings. The van der Waals surface area contributed by atoms with Crippen LogP contribution in [0, 0.1) is 17.8 Å². The summed E-state index contributed by atoms with van der Waals surface area (Å²) >= 11 is 0. The van der Waals surface area contributed by atoms with Crippen molar-refractivity contribution in [2.45, 2.75) is 38.0 Å². The monoisotopic (exact) mass is 558 g/mol. The Morgan fingerprint density at radius 1 is 0.902 bits per heavy atom. The van der Waals surface area contributed by atoms with Gasteiger partial charge in [-0.25, -0.2) is 9.88 Å². The number of halogens is 3. The lowest BCUT2D eigenvalue weighted by Gasteiger charge is -2.32. The Morgan fingerprint density at radius 2 is 1.56 bits per heavy atom. The van der Waals surface area contributed by atoms with E-state index in [9.17, 15) is 27.6 Å². The minimum Gasteiger partial charge on any atom is -0.297 e. The van der Waals surface area contributed by atoms with Crippen LogP contribution in [0.4, 0.5) is 18.9 Å². The van der Waals surface area contributed by atoms with Gasteiger partial charge in [0.05, 0.1) is 39.7 Å². The number of carbonyl (C=O) groups excluding carboxylic acids is 2. The van der Waals surface area contributed by atoms with Gasteiger partial charge in [-0.05, 0) is 42.7 Å². The van der Waals surface area contributed by atoms with Gasteiger partial charge in [-0.1, -0.05) is 56.3 Å². The van der Waals surface area contributed by atoms with Crippen molar-refractivity contribution in [3.8, 4) is 5.69 Å². The Balaban J connectivity index is 1.51. The summed E-state index contributed by atoms with van der Waals surface area (Å²) in [4.78, 5) is 48.0. The predicted octanol–water partition coefficient (Wildman–Crippen LogP) is 4.79. The number of imide groups is 1. The van der Waals surface area contributed by atoms with E-state index in [1.165, 1.54) is 16.7 Å². The van der Waals surface area contributed by atoms with E-state index in [0.29, 0.717) is 33.5 Å². The summed E-state index contributed by atoms with van der Waals surface area (Å²) in [7, 11) is 0. The molecular formula is C31H25F3N4O3. The molecule has 0 saturated carbocycles. The van der Waals surface area contributed by atoms with Crippen LogP contribution in [0.3, 0.4) is 0 Å². The Morgan fingerprint density at radius 3 is 2.29 bits per heavy atom. The van der Waals surface area contributed by atoms with Crippen molar-refractivity contribution < 1.29 is 22.8 Å². The quantitative estimate of drug-likeness (QED) is 0.366. The number of nitrogens with zero attached hydrogens (tertiary/aromatic N) is 3. The van der Waals surface area contributed by atoms with Crippen molar-refractivity contribution in [2.75, 3.05) is 4.90 Å². The Kier molecular flexibility index (Phi) is 5.38. The Hall–Kier alpha value is -4.31. The molecule has 7 nitrogen and oxygen atoms in total. The number of rotatable bonds is 3. The second kappa shape index (κ2) is 8.59. The van der Waals surface area contributed by atoms with Crippen LogP contribution >= 0.6 is 0 Å². The number of carbonyl (C=O) groups is 2. The molecule has 0 unspecified atom stereocenters. The summed E-state index contributed by atoms with van der Waals surface area (Å²) in [5.74, 6) is -3.16. The van der Waals surface area contributed by atoms with E-state index in [1.54, 1.807) is 48.5 Å². The lowest BCUT2D eigenvalue weighted by molar-refractivity contribution is -0.137. The van der Waals surface area contributed by atoms with Gasteiger partial charge in [-0.2, -0.15) is 13.2 Å². The Bertz CT molecular complexity index is 1830. The van der Waals surface area contributed by atoms with E-state index in [4.69, 9.17) is 4.98 Å². The van der Waals surface area contributed by atoms with Gasteiger partial charge in [-0.15, -0.1) is 0 Å². The fourth-order valence-corrected chi connectivity index (χ4v) is 7.08. The molecule has 0 aliphatic carbocycles. The maximum absolute atomic E-state index is 14.4. The van der Waals surface area contributed by atoms with E-state index in [1.807, 2.05) is 13.8 Å². The van der Waals surface area contributed by atoms with Gasteiger partial charge < -0.3 is 0 Å². The van der Waals surface area contributed by atoms with Crippen LogP contribution in [0.5, 0.6) is 0 Å². The average Bonchev–Trinajstić information content (AvgIpc) is 3.51. The van der Waals surface area contributed by atoms with Crippen molar-refractivity contribution in [2.24, 2.45) is 17.8 Å². The van der Waals surface area contributed by atoms with Gasteiger partial charge in [0.15, 0.2) is 0 Å². The third-order valence-electron chi connectivity index (χ3n) is 8.54. The highest BCUT2D eigenvalue weighted by molar-refractivity contribution is 6.23. The van der Waals surface area contributed by atoms with Gasteiger partial charge in [0.2, 0.25) is 11.8 Å². The maximum atomic E-state index is 14.4. The minimum absolute atomic E-state index is 0.103. The Labute approximate surface area is 232 Å². The van der Waals surface area contributed by atoms with E-state index in [0.717, 1.165) is 12.1 Å². The van der Waals surface area contributed by atoms with Gasteiger partial charge in [0, 0.05) is 11.6 Å². The number of aromatic nitrogens is 2. The molecule has 4 aromatic rings. The second-order valence-corrected chi connectivity index (χ2v) is 11.3. The molecule has 0 radical (unpaired) electrons. The average molecular weight is 559 g/mol. The maximum Gasteiger partial charge on any atom is 0.418 e. The number of hydrogen-bond acceptors (Lipinski definition) is 5. The number of benzene rings is 3. The van der Waals surface area contributed by atoms with Crippen LogP contribution in [0.1, 0.15) is 37.2 Å². The number of hydrogen-bond donors (Lipinski definition) is 1. The van der Waals surface area contributed by atoms with Gasteiger partial charge in [0.1, 0.15) is 11.4 Å². The van der Waals surface area contributed by atoms with Crippen LogP contribution in [-0.2, 0) is 21.3 Å². The predicted molar refractivity (Wildman–Crippen MR) is 145 cm³/mol. The van der Waals surface area contributed by atoms with Crippen molar-refractivity contribution in [1.29, 1.82) is 0 Å². The standard InChI is InChI=1S/C31H25F3N4O3/c1-16(2)15-21-24-25(28(41)37(27(24)40)23-14-8-5-11-19(23)31(32,33)34)30(36-21)18-10-4-7-13-22(18)38-26(39)17-9-3-6-12-20(17)35-29(30)38/h3-14,16,21,24-25,36H,15H2,1-2H3/t21-,24+,25-,30-/m1/s1. The molecule has 3 aromatic carbocycles. The molecule has 7 rings (SSSR count). The van der Waals surface area contributed by atoms with E-state index in [-0.39, 0.29) is 17.3 Å². The van der Waals surface area contributed by atoms with E-state index in [2.05, 4.69) is 5.32 Å². The zero-order chi connectivity index (χ0) is 28.8. The topological polar surface area (TPSA) is 84.3 Å². The second-order valence-electron chi connectivity index (χ2n) is 11.3. The number of para-hydroxylation sites is 3. The molecule has 2 amide bonds. The van der Waals surface area contributed by atoms with E-state index >= 15 is 0 Å². The third kappa shape index (κ3) is 3.37. The van der Waals surface area contributed by atoms with Crippen LogP contribution in [-0.4, -0.2) is 27.4 Å². The summed E-state index contributed by atoms with van der Waals surface area (Å²) in [6.07, 6.45) is -4.29. The molecule has 208 valence electrons. The summed E-state index contributed by atoms with van der Waals surface area (Å²) in [6, 6.07) is 18.1. The highest BCUT2D eigenvalue weighted by atomic mass is 19.4. The highest BCUT2D eigenvalue weighted by Gasteiger charge is 2.70. The number of anilines is 1. The van der Waals surface area contributed by atoms with Gasteiger partial charge in [0.25, 0.3) is 5.56 Å². The van der Waals surface area contributed by atoms with E-state index < -0.39 is 52.7 Å². The lowest BCUT2D eigenvalue weighted by atomic mass is 9.75. The fourth-order valence-electron chi connectivity index (χ4n) is 7.08. The van der Waals surface area contributed by atoms with Crippen LogP contribution in [0.25, 0.3) is 16.6 Å². The number of nitrogens with one attached hydrogen (secondary N) is 1. The third-order valence-corrected chi connectivity index (χ3v) is 8.54. The summed E-state index contributed by atoms with van der Waals surface area (Å²) < 4.78 is 43.7. The fraction of sp³-hybridized carbons (Fsp3) is 0.290. The number of fused-ring (bicyclic) bond motifs is 8. The number of alkyl halides is 3. The normalized spacial score (nSPS) is 24.9. The molecule has 4 heterocycles. The molecule has 3 aliphatic rings. The smallest absolute Gasteiger partial charge is 0.297 e. The molecule has 2 saturated heterocycles. The molecule has 1 spiro atoms. The lowest BCUT2D eigenvalue weighted by Crippen LogP contribution is -2.50. The van der Waals surface area contributed by atoms with Crippen molar-refractivity contribution >= 4 is 28.4 Å². The molecule has 41 heavy (non-hydrogen) atoms. The zero-order valence-electron chi connectivity index (χ0n) is 22.1. The van der Waals surface area contributed by atoms with Crippen molar-refractivity contribution in [1.82, 2.24) is 14.9 Å². The van der Waals surface area contributed by atoms with Crippen LogP contribution in [0.15, 0.2) is 77.6 Å². The highest BCUT2D eigenvalue weighted by Crippen LogP contribution is 2.56. The molecular weight excluding hydrogens is 533 g/mol. The molecule has 10 heteroatoms. The zero-order valence-corrected chi connectivity index (χ0v) is 22.1.